The highest BCUT2D eigenvalue weighted by molar-refractivity contribution is 9.10. The maximum atomic E-state index is 12.4. The topological polar surface area (TPSA) is 41.1 Å². The lowest BCUT2D eigenvalue weighted by Crippen LogP contribution is -2.29. The molecule has 0 spiro atoms. The molecule has 0 fully saturated rings. The van der Waals surface area contributed by atoms with E-state index in [2.05, 4.69) is 32.6 Å². The van der Waals surface area contributed by atoms with Crippen molar-refractivity contribution in [2.24, 2.45) is 0 Å². The quantitative estimate of drug-likeness (QED) is 0.892. The number of fused-ring (bicyclic) bond motifs is 1. The van der Waals surface area contributed by atoms with Crippen molar-refractivity contribution in [3.05, 3.63) is 55.7 Å². The van der Waals surface area contributed by atoms with Crippen molar-refractivity contribution >= 4 is 33.2 Å². The van der Waals surface area contributed by atoms with Gasteiger partial charge in [-0.25, -0.2) is 0 Å². The van der Waals surface area contributed by atoms with E-state index in [0.29, 0.717) is 6.54 Å². The molecule has 1 amide bonds. The van der Waals surface area contributed by atoms with Crippen LogP contribution in [-0.4, -0.2) is 12.5 Å². The molecule has 0 unspecified atom stereocenters. The van der Waals surface area contributed by atoms with Gasteiger partial charge < -0.3 is 10.6 Å². The first-order valence-corrected chi connectivity index (χ1v) is 8.24. The average molecular weight is 351 g/mol. The molecule has 0 radical (unpaired) electrons. The van der Waals surface area contributed by atoms with Gasteiger partial charge in [-0.1, -0.05) is 12.1 Å². The number of benzene rings is 1. The average Bonchev–Trinajstić information content (AvgIpc) is 2.89. The fraction of sp³-hybridized carbons (Fsp3) is 0.267. The molecule has 0 bridgehead atoms. The number of nitrogens with one attached hydrogen (secondary N) is 2. The van der Waals surface area contributed by atoms with Gasteiger partial charge in [0, 0.05) is 21.5 Å². The van der Waals surface area contributed by atoms with Gasteiger partial charge in [-0.3, -0.25) is 4.79 Å². The molecule has 104 valence electrons. The molecule has 0 aliphatic carbocycles. The number of hydrogen-bond donors (Lipinski definition) is 2. The Bertz CT molecular complexity index is 639. The van der Waals surface area contributed by atoms with Crippen LogP contribution in [0.4, 0.5) is 0 Å². The SMILES string of the molecule is O=C(NCc1sccc1Br)c1cccc2c1CCNC2. The Morgan fingerprint density at radius 3 is 3.10 bits per heavy atom. The number of thiophene rings is 1. The van der Waals surface area contributed by atoms with Crippen LogP contribution < -0.4 is 10.6 Å². The predicted molar refractivity (Wildman–Crippen MR) is 85.0 cm³/mol. The van der Waals surface area contributed by atoms with Gasteiger partial charge in [0.15, 0.2) is 0 Å². The van der Waals surface area contributed by atoms with Crippen LogP contribution in [0.15, 0.2) is 34.1 Å². The second-order valence-electron chi connectivity index (χ2n) is 4.74. The fourth-order valence-electron chi connectivity index (χ4n) is 2.45. The van der Waals surface area contributed by atoms with Gasteiger partial charge in [0.05, 0.1) is 6.54 Å². The zero-order valence-electron chi connectivity index (χ0n) is 10.9. The lowest BCUT2D eigenvalue weighted by Gasteiger charge is -2.19. The van der Waals surface area contributed by atoms with Crippen molar-refractivity contribution in [2.75, 3.05) is 6.54 Å². The summed E-state index contributed by atoms with van der Waals surface area (Å²) in [5.41, 5.74) is 3.24. The lowest BCUT2D eigenvalue weighted by molar-refractivity contribution is 0.0950. The second-order valence-corrected chi connectivity index (χ2v) is 6.60. The third-order valence-corrected chi connectivity index (χ3v) is 5.41. The maximum Gasteiger partial charge on any atom is 0.251 e. The monoisotopic (exact) mass is 350 g/mol. The lowest BCUT2D eigenvalue weighted by atomic mass is 9.95. The molecular weight excluding hydrogens is 336 g/mol. The summed E-state index contributed by atoms with van der Waals surface area (Å²) in [6.07, 6.45) is 0.918. The molecule has 0 atom stereocenters. The van der Waals surface area contributed by atoms with Crippen molar-refractivity contribution in [1.82, 2.24) is 10.6 Å². The zero-order chi connectivity index (χ0) is 13.9. The van der Waals surface area contributed by atoms with Crippen LogP contribution in [0.1, 0.15) is 26.4 Å². The smallest absolute Gasteiger partial charge is 0.251 e. The number of rotatable bonds is 3. The Labute approximate surface area is 130 Å². The predicted octanol–water partition coefficient (Wildman–Crippen LogP) is 3.09. The molecule has 1 aromatic carbocycles. The first-order chi connectivity index (χ1) is 9.75. The Hall–Kier alpha value is -1.17. The normalized spacial score (nSPS) is 13.8. The van der Waals surface area contributed by atoms with E-state index < -0.39 is 0 Å². The van der Waals surface area contributed by atoms with E-state index in [9.17, 15) is 4.79 Å². The van der Waals surface area contributed by atoms with E-state index in [4.69, 9.17) is 0 Å². The highest BCUT2D eigenvalue weighted by Gasteiger charge is 2.17. The van der Waals surface area contributed by atoms with Crippen LogP contribution in [0, 0.1) is 0 Å². The van der Waals surface area contributed by atoms with Gasteiger partial charge in [-0.05, 0) is 57.5 Å². The molecule has 3 nitrogen and oxygen atoms in total. The van der Waals surface area contributed by atoms with Crippen molar-refractivity contribution in [1.29, 1.82) is 0 Å². The third-order valence-electron chi connectivity index (χ3n) is 3.49. The highest BCUT2D eigenvalue weighted by Crippen LogP contribution is 2.23. The molecule has 3 rings (SSSR count). The first kappa shape index (κ1) is 13.8. The number of carbonyl (C=O) groups excluding carboxylic acids is 1. The Morgan fingerprint density at radius 2 is 2.30 bits per heavy atom. The van der Waals surface area contributed by atoms with Crippen molar-refractivity contribution in [3.63, 3.8) is 0 Å². The largest absolute Gasteiger partial charge is 0.347 e. The fourth-order valence-corrected chi connectivity index (χ4v) is 3.88. The minimum absolute atomic E-state index is 0.0176. The third kappa shape index (κ3) is 2.80. The highest BCUT2D eigenvalue weighted by atomic mass is 79.9. The van der Waals surface area contributed by atoms with Crippen LogP contribution >= 0.6 is 27.3 Å². The molecule has 5 heteroatoms. The van der Waals surface area contributed by atoms with E-state index >= 15 is 0 Å². The Balaban J connectivity index is 1.76. The maximum absolute atomic E-state index is 12.4. The number of halogens is 1. The molecule has 0 saturated carbocycles. The summed E-state index contributed by atoms with van der Waals surface area (Å²) in [5.74, 6) is 0.0176. The summed E-state index contributed by atoms with van der Waals surface area (Å²) < 4.78 is 1.06. The first-order valence-electron chi connectivity index (χ1n) is 6.57. The van der Waals surface area contributed by atoms with Crippen molar-refractivity contribution in [3.8, 4) is 0 Å². The van der Waals surface area contributed by atoms with Gasteiger partial charge in [-0.15, -0.1) is 11.3 Å². The van der Waals surface area contributed by atoms with Gasteiger partial charge in [0.25, 0.3) is 5.91 Å². The van der Waals surface area contributed by atoms with Gasteiger partial charge >= 0.3 is 0 Å². The summed E-state index contributed by atoms with van der Waals surface area (Å²) in [7, 11) is 0. The van der Waals surface area contributed by atoms with Crippen LogP contribution in [0.25, 0.3) is 0 Å². The van der Waals surface area contributed by atoms with E-state index in [1.54, 1.807) is 11.3 Å². The molecule has 2 heterocycles. The summed E-state index contributed by atoms with van der Waals surface area (Å²) in [5, 5.41) is 8.36. The molecule has 1 aliphatic heterocycles. The second kappa shape index (κ2) is 6.08. The molecular formula is C15H15BrN2OS. The van der Waals surface area contributed by atoms with E-state index in [1.165, 1.54) is 11.1 Å². The van der Waals surface area contributed by atoms with Gasteiger partial charge in [0.1, 0.15) is 0 Å². The number of hydrogen-bond acceptors (Lipinski definition) is 3. The molecule has 2 aromatic rings. The van der Waals surface area contributed by atoms with E-state index in [-0.39, 0.29) is 5.91 Å². The Morgan fingerprint density at radius 1 is 1.40 bits per heavy atom. The molecule has 1 aliphatic rings. The van der Waals surface area contributed by atoms with Crippen LogP contribution in [0.3, 0.4) is 0 Å². The molecule has 2 N–H and O–H groups in total. The van der Waals surface area contributed by atoms with Crippen LogP contribution in [0.2, 0.25) is 0 Å². The van der Waals surface area contributed by atoms with Gasteiger partial charge in [0.2, 0.25) is 0 Å². The summed E-state index contributed by atoms with van der Waals surface area (Å²) in [4.78, 5) is 13.5. The van der Waals surface area contributed by atoms with Crippen molar-refractivity contribution in [2.45, 2.75) is 19.5 Å². The van der Waals surface area contributed by atoms with E-state index in [0.717, 1.165) is 34.4 Å². The molecule has 20 heavy (non-hydrogen) atoms. The van der Waals surface area contributed by atoms with Crippen molar-refractivity contribution < 1.29 is 4.79 Å². The molecule has 1 aromatic heterocycles. The van der Waals surface area contributed by atoms with E-state index in [1.807, 2.05) is 23.6 Å². The zero-order valence-corrected chi connectivity index (χ0v) is 13.3. The summed E-state index contributed by atoms with van der Waals surface area (Å²) in [6, 6.07) is 7.97. The molecule has 0 saturated heterocycles. The van der Waals surface area contributed by atoms with Crippen LogP contribution in [0.5, 0.6) is 0 Å². The van der Waals surface area contributed by atoms with Crippen LogP contribution in [-0.2, 0) is 19.5 Å². The number of carbonyl (C=O) groups is 1. The summed E-state index contributed by atoms with van der Waals surface area (Å²) in [6.45, 7) is 2.36. The Kier molecular flexibility index (Phi) is 4.19. The standard InChI is InChI=1S/C15H15BrN2OS/c16-13-5-7-20-14(13)9-18-15(19)12-3-1-2-10-8-17-6-4-11(10)12/h1-3,5,7,17H,4,6,8-9H2,(H,18,19). The number of amides is 1. The summed E-state index contributed by atoms with van der Waals surface area (Å²) >= 11 is 5.13. The minimum Gasteiger partial charge on any atom is -0.347 e. The van der Waals surface area contributed by atoms with Gasteiger partial charge in [-0.2, -0.15) is 0 Å². The minimum atomic E-state index is 0.0176.